The van der Waals surface area contributed by atoms with Gasteiger partial charge in [0, 0.05) is 38.5 Å². The lowest BCUT2D eigenvalue weighted by Gasteiger charge is -2.33. The highest BCUT2D eigenvalue weighted by atomic mass is 35.5. The zero-order chi connectivity index (χ0) is 18.1. The van der Waals surface area contributed by atoms with Gasteiger partial charge in [0.1, 0.15) is 5.56 Å². The molecule has 0 bridgehead atoms. The van der Waals surface area contributed by atoms with Crippen LogP contribution in [0.4, 0.5) is 0 Å². The normalized spacial score (nSPS) is 22.6. The van der Waals surface area contributed by atoms with E-state index in [0.29, 0.717) is 5.56 Å². The Hall–Kier alpha value is -1.37. The van der Waals surface area contributed by atoms with E-state index in [0.717, 1.165) is 77.1 Å². The largest absolute Gasteiger partial charge is 0.381 e. The van der Waals surface area contributed by atoms with Crippen LogP contribution >= 0.6 is 12.4 Å². The van der Waals surface area contributed by atoms with Crippen LogP contribution in [0.25, 0.3) is 0 Å². The third-order valence-electron chi connectivity index (χ3n) is 6.52. The van der Waals surface area contributed by atoms with Gasteiger partial charge in [-0.15, -0.1) is 12.4 Å². The Balaban J connectivity index is 0.00000210. The zero-order valence-electron chi connectivity index (χ0n) is 16.0. The van der Waals surface area contributed by atoms with E-state index < -0.39 is 0 Å². The van der Waals surface area contributed by atoms with Crippen LogP contribution in [0.1, 0.15) is 54.1 Å². The van der Waals surface area contributed by atoms with Gasteiger partial charge in [-0.3, -0.25) is 9.59 Å². The molecule has 4 heterocycles. The van der Waals surface area contributed by atoms with E-state index >= 15 is 0 Å². The molecule has 0 unspecified atom stereocenters. The van der Waals surface area contributed by atoms with Gasteiger partial charge >= 0.3 is 0 Å². The van der Waals surface area contributed by atoms with Crippen molar-refractivity contribution in [3.63, 3.8) is 0 Å². The number of amides is 1. The van der Waals surface area contributed by atoms with Crippen LogP contribution in [0.3, 0.4) is 0 Å². The highest BCUT2D eigenvalue weighted by Crippen LogP contribution is 2.40. The van der Waals surface area contributed by atoms with Crippen molar-refractivity contribution in [2.45, 2.75) is 45.1 Å². The molecule has 0 saturated carbocycles. The summed E-state index contributed by atoms with van der Waals surface area (Å²) >= 11 is 0. The van der Waals surface area contributed by atoms with Crippen LogP contribution in [-0.4, -0.2) is 54.8 Å². The number of aryl methyl sites for hydroxylation is 1. The van der Waals surface area contributed by atoms with Crippen LogP contribution in [0, 0.1) is 12.3 Å². The molecule has 150 valence electrons. The lowest BCUT2D eigenvalue weighted by molar-refractivity contribution is 0.0190. The number of nitrogens with one attached hydrogen (secondary N) is 1. The van der Waals surface area contributed by atoms with Gasteiger partial charge in [-0.25, -0.2) is 0 Å². The first-order chi connectivity index (χ1) is 12.6. The molecular formula is C20H30ClN3O3. The van der Waals surface area contributed by atoms with Crippen LogP contribution in [0.5, 0.6) is 0 Å². The van der Waals surface area contributed by atoms with Gasteiger partial charge in [0.05, 0.1) is 0 Å². The van der Waals surface area contributed by atoms with E-state index in [4.69, 9.17) is 4.74 Å². The predicted octanol–water partition coefficient (Wildman–Crippen LogP) is 2.15. The van der Waals surface area contributed by atoms with Crippen molar-refractivity contribution in [3.8, 4) is 0 Å². The summed E-state index contributed by atoms with van der Waals surface area (Å²) in [4.78, 5) is 28.3. The van der Waals surface area contributed by atoms with Crippen molar-refractivity contribution in [1.29, 1.82) is 0 Å². The van der Waals surface area contributed by atoms with Crippen LogP contribution in [0.2, 0.25) is 0 Å². The molecule has 1 aromatic rings. The molecule has 27 heavy (non-hydrogen) atoms. The lowest BCUT2D eigenvalue weighted by Crippen LogP contribution is -2.40. The molecule has 6 nitrogen and oxygen atoms in total. The van der Waals surface area contributed by atoms with Crippen molar-refractivity contribution in [3.05, 3.63) is 33.7 Å². The third kappa shape index (κ3) is 3.93. The molecule has 1 spiro atoms. The fraction of sp³-hybridized carbons (Fsp3) is 0.700. The Kier molecular flexibility index (Phi) is 6.28. The first-order valence-corrected chi connectivity index (χ1v) is 9.89. The number of halogens is 1. The maximum Gasteiger partial charge on any atom is 0.263 e. The molecule has 0 aromatic carbocycles. The summed E-state index contributed by atoms with van der Waals surface area (Å²) < 4.78 is 7.29. The minimum Gasteiger partial charge on any atom is -0.381 e. The second-order valence-electron chi connectivity index (χ2n) is 8.16. The minimum absolute atomic E-state index is 0. The highest BCUT2D eigenvalue weighted by molar-refractivity contribution is 5.95. The molecule has 3 fully saturated rings. The topological polar surface area (TPSA) is 63.6 Å². The smallest absolute Gasteiger partial charge is 0.263 e. The zero-order valence-corrected chi connectivity index (χ0v) is 16.9. The summed E-state index contributed by atoms with van der Waals surface area (Å²) in [6, 6.07) is 2.12. The number of piperidine rings is 1. The lowest BCUT2D eigenvalue weighted by atomic mass is 9.80. The Morgan fingerprint density at radius 1 is 1.22 bits per heavy atom. The number of likely N-dealkylation sites (tertiary alicyclic amines) is 1. The molecule has 1 amide bonds. The second kappa shape index (κ2) is 8.33. The van der Waals surface area contributed by atoms with Crippen molar-refractivity contribution >= 4 is 18.3 Å². The van der Waals surface area contributed by atoms with Gasteiger partial charge in [0.25, 0.3) is 11.5 Å². The van der Waals surface area contributed by atoms with E-state index in [1.54, 1.807) is 4.57 Å². The molecule has 0 radical (unpaired) electrons. The minimum atomic E-state index is -0.116. The van der Waals surface area contributed by atoms with Crippen molar-refractivity contribution in [2.75, 3.05) is 39.4 Å². The number of pyridine rings is 1. The first-order valence-electron chi connectivity index (χ1n) is 9.89. The maximum absolute atomic E-state index is 13.2. The molecule has 1 aromatic heterocycles. The van der Waals surface area contributed by atoms with Crippen LogP contribution < -0.4 is 10.9 Å². The van der Waals surface area contributed by atoms with Gasteiger partial charge in [0.2, 0.25) is 0 Å². The van der Waals surface area contributed by atoms with Crippen molar-refractivity contribution in [1.82, 2.24) is 14.8 Å². The fourth-order valence-electron chi connectivity index (χ4n) is 4.75. The molecular weight excluding hydrogens is 366 g/mol. The standard InChI is InChI=1S/C20H29N3O3.ClH/c1-15-4-10-23(16-2-8-21-9-3-16)19(25)17(15)18(24)22-11-5-20(14-22)6-12-26-13-7-20;/h4,10,16,21H,2-3,5-9,11-14H2,1H3;1H. The Bertz CT molecular complexity index is 736. The van der Waals surface area contributed by atoms with E-state index in [1.807, 2.05) is 24.1 Å². The summed E-state index contributed by atoms with van der Waals surface area (Å²) in [5.41, 5.74) is 1.24. The van der Waals surface area contributed by atoms with E-state index in [1.165, 1.54) is 0 Å². The molecule has 3 saturated heterocycles. The number of carbonyl (C=O) groups excluding carboxylic acids is 1. The molecule has 0 aliphatic carbocycles. The first kappa shape index (κ1) is 20.4. The summed E-state index contributed by atoms with van der Waals surface area (Å²) in [6.45, 7) is 6.80. The van der Waals surface area contributed by atoms with Gasteiger partial charge in [-0.05, 0) is 69.2 Å². The molecule has 7 heteroatoms. The average Bonchev–Trinajstić information content (AvgIpc) is 3.06. The number of aromatic nitrogens is 1. The Morgan fingerprint density at radius 2 is 1.93 bits per heavy atom. The molecule has 3 aliphatic rings. The number of ether oxygens (including phenoxy) is 1. The number of rotatable bonds is 2. The summed E-state index contributed by atoms with van der Waals surface area (Å²) in [7, 11) is 0. The van der Waals surface area contributed by atoms with Crippen molar-refractivity contribution in [2.24, 2.45) is 5.41 Å². The second-order valence-corrected chi connectivity index (χ2v) is 8.16. The van der Waals surface area contributed by atoms with Gasteiger partial charge < -0.3 is 19.5 Å². The Morgan fingerprint density at radius 3 is 2.63 bits per heavy atom. The summed E-state index contributed by atoms with van der Waals surface area (Å²) in [6.07, 6.45) is 6.80. The highest BCUT2D eigenvalue weighted by Gasteiger charge is 2.41. The van der Waals surface area contributed by atoms with Gasteiger partial charge in [-0.1, -0.05) is 0 Å². The molecule has 4 rings (SSSR count). The predicted molar refractivity (Wildman–Crippen MR) is 107 cm³/mol. The van der Waals surface area contributed by atoms with E-state index in [2.05, 4.69) is 5.32 Å². The number of nitrogens with zero attached hydrogens (tertiary/aromatic N) is 2. The van der Waals surface area contributed by atoms with Crippen LogP contribution in [-0.2, 0) is 4.74 Å². The SMILES string of the molecule is Cc1ccn(C2CCNCC2)c(=O)c1C(=O)N1CCC2(CCOCC2)C1.Cl. The molecule has 3 aliphatic heterocycles. The van der Waals surface area contributed by atoms with Gasteiger partial charge in [-0.2, -0.15) is 0 Å². The van der Waals surface area contributed by atoms with Crippen LogP contribution in [0.15, 0.2) is 17.1 Å². The summed E-state index contributed by atoms with van der Waals surface area (Å²) in [5, 5.41) is 3.33. The maximum atomic E-state index is 13.2. The quantitative estimate of drug-likeness (QED) is 0.833. The monoisotopic (exact) mass is 395 g/mol. The Labute approximate surface area is 166 Å². The average molecular weight is 396 g/mol. The fourth-order valence-corrected chi connectivity index (χ4v) is 4.75. The number of hydrogen-bond acceptors (Lipinski definition) is 4. The van der Waals surface area contributed by atoms with Gasteiger partial charge in [0.15, 0.2) is 0 Å². The number of carbonyl (C=O) groups is 1. The van der Waals surface area contributed by atoms with Crippen molar-refractivity contribution < 1.29 is 9.53 Å². The molecule has 1 N–H and O–H groups in total. The third-order valence-corrected chi connectivity index (χ3v) is 6.52. The van der Waals surface area contributed by atoms with E-state index in [9.17, 15) is 9.59 Å². The van der Waals surface area contributed by atoms with E-state index in [-0.39, 0.29) is 35.3 Å². The molecule has 0 atom stereocenters. The number of hydrogen-bond donors (Lipinski definition) is 1. The summed E-state index contributed by atoms with van der Waals surface area (Å²) in [5.74, 6) is -0.0841.